The first-order valence-electron chi connectivity index (χ1n) is 6.96. The average molecular weight is 234 g/mol. The van der Waals surface area contributed by atoms with E-state index in [1.807, 2.05) is 0 Å². The number of nitrogens with one attached hydrogen (secondary N) is 1. The number of hydrogen-bond acceptors (Lipinski definition) is 3. The Bertz CT molecular complexity index is 373. The molecule has 0 spiro atoms. The monoisotopic (exact) mass is 234 g/mol. The molecule has 4 nitrogen and oxygen atoms in total. The lowest BCUT2D eigenvalue weighted by atomic mass is 9.97. The highest BCUT2D eigenvalue weighted by Gasteiger charge is 2.26. The minimum atomic E-state index is 0.615. The van der Waals surface area contributed by atoms with Gasteiger partial charge in [-0.15, -0.1) is 10.2 Å². The highest BCUT2D eigenvalue weighted by atomic mass is 15.3. The number of hydrogen-bond donors (Lipinski definition) is 1. The molecule has 1 N–H and O–H groups in total. The standard InChI is InChI=1S/C13H22N4/c1-17-12(10-4-2-3-5-10)15-16-13(17)11-6-8-14-9-7-11/h10-11,14H,2-9H2,1H3. The molecule has 4 heteroatoms. The summed E-state index contributed by atoms with van der Waals surface area (Å²) in [5.41, 5.74) is 0. The van der Waals surface area contributed by atoms with Crippen LogP contribution >= 0.6 is 0 Å². The van der Waals surface area contributed by atoms with Gasteiger partial charge in [-0.1, -0.05) is 12.8 Å². The maximum Gasteiger partial charge on any atom is 0.135 e. The first-order chi connectivity index (χ1) is 8.36. The van der Waals surface area contributed by atoms with Crippen LogP contribution in [-0.2, 0) is 7.05 Å². The third-order valence-electron chi connectivity index (χ3n) is 4.37. The molecule has 1 aliphatic heterocycles. The lowest BCUT2D eigenvalue weighted by molar-refractivity contribution is 0.434. The van der Waals surface area contributed by atoms with Gasteiger partial charge in [0.15, 0.2) is 0 Å². The van der Waals surface area contributed by atoms with Crippen LogP contribution in [0.1, 0.15) is 62.0 Å². The van der Waals surface area contributed by atoms with Gasteiger partial charge in [-0.3, -0.25) is 0 Å². The molecule has 2 heterocycles. The maximum atomic E-state index is 4.47. The highest BCUT2D eigenvalue weighted by molar-refractivity contribution is 5.07. The molecule has 1 aromatic heterocycles. The molecule has 2 aliphatic rings. The van der Waals surface area contributed by atoms with Crippen molar-refractivity contribution in [2.75, 3.05) is 13.1 Å². The SMILES string of the molecule is Cn1c(C2CCCC2)nnc1C1CCNCC1. The van der Waals surface area contributed by atoms with E-state index in [-0.39, 0.29) is 0 Å². The fourth-order valence-corrected chi connectivity index (χ4v) is 3.33. The van der Waals surface area contributed by atoms with Crippen LogP contribution in [0.4, 0.5) is 0 Å². The molecule has 17 heavy (non-hydrogen) atoms. The maximum absolute atomic E-state index is 4.47. The molecular weight excluding hydrogens is 212 g/mol. The minimum Gasteiger partial charge on any atom is -0.318 e. The van der Waals surface area contributed by atoms with Crippen molar-refractivity contribution in [3.63, 3.8) is 0 Å². The van der Waals surface area contributed by atoms with Gasteiger partial charge in [0, 0.05) is 18.9 Å². The van der Waals surface area contributed by atoms with Crippen LogP contribution in [0.3, 0.4) is 0 Å². The fraction of sp³-hybridized carbons (Fsp3) is 0.846. The quantitative estimate of drug-likeness (QED) is 0.850. The second-order valence-corrected chi connectivity index (χ2v) is 5.48. The van der Waals surface area contributed by atoms with Crippen molar-refractivity contribution >= 4 is 0 Å². The van der Waals surface area contributed by atoms with E-state index in [1.165, 1.54) is 50.2 Å². The average Bonchev–Trinajstić information content (AvgIpc) is 2.99. The molecule has 1 aliphatic carbocycles. The van der Waals surface area contributed by atoms with Gasteiger partial charge in [0.2, 0.25) is 0 Å². The molecule has 0 amide bonds. The van der Waals surface area contributed by atoms with Crippen LogP contribution in [0.2, 0.25) is 0 Å². The Morgan fingerprint density at radius 2 is 1.47 bits per heavy atom. The normalized spacial score (nSPS) is 23.4. The summed E-state index contributed by atoms with van der Waals surface area (Å²) in [6.45, 7) is 2.24. The van der Waals surface area contributed by atoms with E-state index in [4.69, 9.17) is 0 Å². The van der Waals surface area contributed by atoms with Gasteiger partial charge in [-0.2, -0.15) is 0 Å². The Kier molecular flexibility index (Phi) is 3.14. The van der Waals surface area contributed by atoms with Crippen LogP contribution < -0.4 is 5.32 Å². The second kappa shape index (κ2) is 4.77. The third kappa shape index (κ3) is 2.10. The smallest absolute Gasteiger partial charge is 0.135 e. The van der Waals surface area contributed by atoms with E-state index in [0.717, 1.165) is 13.1 Å². The van der Waals surface area contributed by atoms with Crippen molar-refractivity contribution in [2.24, 2.45) is 7.05 Å². The van der Waals surface area contributed by atoms with Crippen LogP contribution in [0.25, 0.3) is 0 Å². The summed E-state index contributed by atoms with van der Waals surface area (Å²) in [6, 6.07) is 0. The lowest BCUT2D eigenvalue weighted by Crippen LogP contribution is -2.28. The molecule has 94 valence electrons. The number of nitrogens with zero attached hydrogens (tertiary/aromatic N) is 3. The van der Waals surface area contributed by atoms with E-state index in [0.29, 0.717) is 11.8 Å². The molecule has 2 fully saturated rings. The molecule has 3 rings (SSSR count). The molecule has 0 bridgehead atoms. The molecule has 1 aromatic rings. The van der Waals surface area contributed by atoms with Gasteiger partial charge in [-0.25, -0.2) is 0 Å². The Labute approximate surface area is 103 Å². The summed E-state index contributed by atoms with van der Waals surface area (Å²) in [6.07, 6.45) is 7.74. The van der Waals surface area contributed by atoms with Gasteiger partial charge >= 0.3 is 0 Å². The van der Waals surface area contributed by atoms with Crippen molar-refractivity contribution in [3.05, 3.63) is 11.6 Å². The molecule has 1 saturated heterocycles. The molecule has 0 atom stereocenters. The van der Waals surface area contributed by atoms with Gasteiger partial charge < -0.3 is 9.88 Å². The van der Waals surface area contributed by atoms with E-state index >= 15 is 0 Å². The first kappa shape index (κ1) is 11.2. The van der Waals surface area contributed by atoms with Crippen molar-refractivity contribution in [3.8, 4) is 0 Å². The van der Waals surface area contributed by atoms with E-state index in [9.17, 15) is 0 Å². The molecule has 1 saturated carbocycles. The van der Waals surface area contributed by atoms with Crippen LogP contribution in [-0.4, -0.2) is 27.9 Å². The van der Waals surface area contributed by atoms with Crippen molar-refractivity contribution in [1.29, 1.82) is 0 Å². The Morgan fingerprint density at radius 3 is 2.06 bits per heavy atom. The largest absolute Gasteiger partial charge is 0.318 e. The van der Waals surface area contributed by atoms with Gasteiger partial charge in [0.25, 0.3) is 0 Å². The minimum absolute atomic E-state index is 0.615. The third-order valence-corrected chi connectivity index (χ3v) is 4.37. The van der Waals surface area contributed by atoms with Crippen LogP contribution in [0.15, 0.2) is 0 Å². The summed E-state index contributed by atoms with van der Waals surface area (Å²) < 4.78 is 2.28. The summed E-state index contributed by atoms with van der Waals surface area (Å²) in [5, 5.41) is 12.3. The molecule has 0 aromatic carbocycles. The number of rotatable bonds is 2. The van der Waals surface area contributed by atoms with E-state index in [1.54, 1.807) is 0 Å². The Hall–Kier alpha value is -0.900. The summed E-state index contributed by atoms with van der Waals surface area (Å²) in [5.74, 6) is 3.73. The zero-order chi connectivity index (χ0) is 11.7. The second-order valence-electron chi connectivity index (χ2n) is 5.48. The zero-order valence-corrected chi connectivity index (χ0v) is 10.7. The van der Waals surface area contributed by atoms with Gasteiger partial charge in [0.1, 0.15) is 11.6 Å². The molecular formula is C13H22N4. The van der Waals surface area contributed by atoms with Gasteiger partial charge in [-0.05, 0) is 38.8 Å². The van der Waals surface area contributed by atoms with Crippen molar-refractivity contribution < 1.29 is 0 Å². The van der Waals surface area contributed by atoms with E-state index in [2.05, 4.69) is 27.1 Å². The lowest BCUT2D eigenvalue weighted by Gasteiger charge is -2.22. The fourth-order valence-electron chi connectivity index (χ4n) is 3.33. The topological polar surface area (TPSA) is 42.7 Å². The molecule has 0 unspecified atom stereocenters. The summed E-state index contributed by atoms with van der Waals surface area (Å²) >= 11 is 0. The van der Waals surface area contributed by atoms with E-state index < -0.39 is 0 Å². The zero-order valence-electron chi connectivity index (χ0n) is 10.7. The summed E-state index contributed by atoms with van der Waals surface area (Å²) in [4.78, 5) is 0. The predicted molar refractivity (Wildman–Crippen MR) is 67.1 cm³/mol. The van der Waals surface area contributed by atoms with Gasteiger partial charge in [0.05, 0.1) is 0 Å². The Morgan fingerprint density at radius 1 is 0.941 bits per heavy atom. The summed E-state index contributed by atoms with van der Waals surface area (Å²) in [7, 11) is 2.16. The highest BCUT2D eigenvalue weighted by Crippen LogP contribution is 2.34. The number of aromatic nitrogens is 3. The van der Waals surface area contributed by atoms with Crippen molar-refractivity contribution in [1.82, 2.24) is 20.1 Å². The predicted octanol–water partition coefficient (Wildman–Crippen LogP) is 1.94. The van der Waals surface area contributed by atoms with Crippen molar-refractivity contribution in [2.45, 2.75) is 50.4 Å². The van der Waals surface area contributed by atoms with Crippen LogP contribution in [0, 0.1) is 0 Å². The first-order valence-corrected chi connectivity index (χ1v) is 6.96. The van der Waals surface area contributed by atoms with Crippen LogP contribution in [0.5, 0.6) is 0 Å². The Balaban J connectivity index is 1.80. The molecule has 0 radical (unpaired) electrons. The number of piperidine rings is 1.